The summed E-state index contributed by atoms with van der Waals surface area (Å²) in [5, 5.41) is 15.5. The summed E-state index contributed by atoms with van der Waals surface area (Å²) in [5.41, 5.74) is 1.91. The molecule has 1 atom stereocenters. The highest BCUT2D eigenvalue weighted by Crippen LogP contribution is 2.22. The molecule has 1 aliphatic rings. The minimum absolute atomic E-state index is 0.148. The number of ether oxygens (including phenoxy) is 1. The molecule has 1 aromatic heterocycles. The minimum atomic E-state index is 0.148. The first-order valence-corrected chi connectivity index (χ1v) is 8.50. The molecular weight excluding hydrogens is 304 g/mol. The van der Waals surface area contributed by atoms with Crippen LogP contribution < -0.4 is 10.6 Å². The van der Waals surface area contributed by atoms with Gasteiger partial charge in [0.25, 0.3) is 0 Å². The van der Waals surface area contributed by atoms with Crippen LogP contribution in [0.5, 0.6) is 0 Å². The van der Waals surface area contributed by atoms with Gasteiger partial charge in [-0.05, 0) is 19.3 Å². The molecule has 0 saturated carbocycles. The number of anilines is 2. The van der Waals surface area contributed by atoms with E-state index in [0.29, 0.717) is 18.9 Å². The second-order valence-electron chi connectivity index (χ2n) is 5.85. The number of nitrogens with zero attached hydrogens (tertiary/aromatic N) is 2. The van der Waals surface area contributed by atoms with Gasteiger partial charge in [-0.25, -0.2) is 4.98 Å². The molecule has 1 aliphatic heterocycles. The number of aliphatic hydroxyl groups is 1. The summed E-state index contributed by atoms with van der Waals surface area (Å²) < 4.78 is 5.65. The third kappa shape index (κ3) is 4.66. The Bertz CT molecular complexity index is 630. The van der Waals surface area contributed by atoms with Crippen LogP contribution >= 0.6 is 0 Å². The Kier molecular flexibility index (Phi) is 5.98. The van der Waals surface area contributed by atoms with Crippen LogP contribution in [0.4, 0.5) is 11.8 Å². The van der Waals surface area contributed by atoms with Crippen molar-refractivity contribution in [3.8, 4) is 11.3 Å². The van der Waals surface area contributed by atoms with E-state index in [2.05, 4.69) is 20.6 Å². The van der Waals surface area contributed by atoms with E-state index in [0.717, 1.165) is 43.1 Å². The van der Waals surface area contributed by atoms with Crippen LogP contribution in [0.3, 0.4) is 0 Å². The Morgan fingerprint density at radius 1 is 1.17 bits per heavy atom. The smallest absolute Gasteiger partial charge is 0.225 e. The second-order valence-corrected chi connectivity index (χ2v) is 5.85. The van der Waals surface area contributed by atoms with E-state index in [1.165, 1.54) is 0 Å². The van der Waals surface area contributed by atoms with Crippen LogP contribution in [0.15, 0.2) is 36.4 Å². The quantitative estimate of drug-likeness (QED) is 0.646. The number of hydrogen-bond acceptors (Lipinski definition) is 6. The third-order valence-electron chi connectivity index (χ3n) is 3.95. The average molecular weight is 328 g/mol. The van der Waals surface area contributed by atoms with Crippen LogP contribution in [-0.4, -0.2) is 47.5 Å². The fraction of sp³-hybridized carbons (Fsp3) is 0.444. The van der Waals surface area contributed by atoms with Gasteiger partial charge in [-0.3, -0.25) is 0 Å². The molecule has 0 spiro atoms. The van der Waals surface area contributed by atoms with Crippen molar-refractivity contribution in [2.75, 3.05) is 36.9 Å². The second kappa shape index (κ2) is 8.61. The van der Waals surface area contributed by atoms with Crippen molar-refractivity contribution in [2.45, 2.75) is 25.4 Å². The SMILES string of the molecule is OCCCNc1nc(NC[C@H]2CCCO2)cc(-c2ccccc2)n1. The van der Waals surface area contributed by atoms with E-state index in [1.807, 2.05) is 36.4 Å². The summed E-state index contributed by atoms with van der Waals surface area (Å²) in [6, 6.07) is 12.0. The molecule has 0 bridgehead atoms. The molecule has 6 heteroatoms. The highest BCUT2D eigenvalue weighted by Gasteiger charge is 2.15. The Labute approximate surface area is 142 Å². The van der Waals surface area contributed by atoms with Gasteiger partial charge in [0.05, 0.1) is 11.8 Å². The third-order valence-corrected chi connectivity index (χ3v) is 3.95. The summed E-state index contributed by atoms with van der Waals surface area (Å²) in [7, 11) is 0. The molecule has 6 nitrogen and oxygen atoms in total. The summed E-state index contributed by atoms with van der Waals surface area (Å²) in [6.07, 6.45) is 3.13. The molecule has 0 radical (unpaired) electrons. The fourth-order valence-electron chi connectivity index (χ4n) is 2.68. The Balaban J connectivity index is 1.76. The molecule has 0 amide bonds. The first-order chi connectivity index (χ1) is 11.8. The van der Waals surface area contributed by atoms with E-state index >= 15 is 0 Å². The number of benzene rings is 1. The van der Waals surface area contributed by atoms with E-state index in [1.54, 1.807) is 0 Å². The Hall–Kier alpha value is -2.18. The number of aromatic nitrogens is 2. The van der Waals surface area contributed by atoms with Crippen LogP contribution in [0.1, 0.15) is 19.3 Å². The molecule has 2 aromatic rings. The minimum Gasteiger partial charge on any atom is -0.396 e. The molecule has 1 saturated heterocycles. The van der Waals surface area contributed by atoms with Gasteiger partial charge in [-0.15, -0.1) is 0 Å². The maximum absolute atomic E-state index is 8.93. The summed E-state index contributed by atoms with van der Waals surface area (Å²) in [6.45, 7) is 2.39. The first kappa shape index (κ1) is 16.7. The molecule has 1 fully saturated rings. The van der Waals surface area contributed by atoms with E-state index < -0.39 is 0 Å². The average Bonchev–Trinajstić information content (AvgIpc) is 3.14. The molecule has 0 aliphatic carbocycles. The van der Waals surface area contributed by atoms with E-state index in [4.69, 9.17) is 9.84 Å². The first-order valence-electron chi connectivity index (χ1n) is 8.50. The molecule has 24 heavy (non-hydrogen) atoms. The molecule has 0 unspecified atom stereocenters. The van der Waals surface area contributed by atoms with Crippen molar-refractivity contribution >= 4 is 11.8 Å². The molecule has 3 N–H and O–H groups in total. The summed E-state index contributed by atoms with van der Waals surface area (Å²) in [4.78, 5) is 9.10. The van der Waals surface area contributed by atoms with Gasteiger partial charge in [-0.1, -0.05) is 30.3 Å². The van der Waals surface area contributed by atoms with Crippen molar-refractivity contribution in [3.05, 3.63) is 36.4 Å². The number of nitrogens with one attached hydrogen (secondary N) is 2. The van der Waals surface area contributed by atoms with Gasteiger partial charge in [0, 0.05) is 37.9 Å². The van der Waals surface area contributed by atoms with Gasteiger partial charge < -0.3 is 20.5 Å². The van der Waals surface area contributed by atoms with Crippen molar-refractivity contribution in [1.82, 2.24) is 9.97 Å². The summed E-state index contributed by atoms with van der Waals surface area (Å²) in [5.74, 6) is 1.35. The van der Waals surface area contributed by atoms with Gasteiger partial charge in [0.2, 0.25) is 5.95 Å². The van der Waals surface area contributed by atoms with Crippen LogP contribution in [0, 0.1) is 0 Å². The van der Waals surface area contributed by atoms with E-state index in [-0.39, 0.29) is 12.7 Å². The molecule has 2 heterocycles. The summed E-state index contributed by atoms with van der Waals surface area (Å²) >= 11 is 0. The molecule has 128 valence electrons. The van der Waals surface area contributed by atoms with Crippen molar-refractivity contribution in [1.29, 1.82) is 0 Å². The number of hydrogen-bond donors (Lipinski definition) is 3. The van der Waals surface area contributed by atoms with Gasteiger partial charge in [-0.2, -0.15) is 4.98 Å². The van der Waals surface area contributed by atoms with Crippen molar-refractivity contribution in [2.24, 2.45) is 0 Å². The molecular formula is C18H24N4O2. The predicted octanol–water partition coefficient (Wildman–Crippen LogP) is 2.53. The fourth-order valence-corrected chi connectivity index (χ4v) is 2.68. The standard InChI is InChI=1S/C18H24N4O2/c23-10-5-9-19-18-21-16(14-6-2-1-3-7-14)12-17(22-18)20-13-15-8-4-11-24-15/h1-3,6-7,12,15,23H,4-5,8-11,13H2,(H2,19,20,21,22)/t15-/m1/s1. The van der Waals surface area contributed by atoms with Gasteiger partial charge in [0.15, 0.2) is 0 Å². The van der Waals surface area contributed by atoms with Gasteiger partial charge in [0.1, 0.15) is 5.82 Å². The maximum Gasteiger partial charge on any atom is 0.225 e. The highest BCUT2D eigenvalue weighted by molar-refractivity contribution is 5.64. The lowest BCUT2D eigenvalue weighted by Crippen LogP contribution is -2.19. The lowest BCUT2D eigenvalue weighted by molar-refractivity contribution is 0.120. The topological polar surface area (TPSA) is 79.3 Å². The van der Waals surface area contributed by atoms with E-state index in [9.17, 15) is 0 Å². The van der Waals surface area contributed by atoms with Crippen LogP contribution in [-0.2, 0) is 4.74 Å². The zero-order chi connectivity index (χ0) is 16.6. The monoisotopic (exact) mass is 328 g/mol. The predicted molar refractivity (Wildman–Crippen MR) is 95.1 cm³/mol. The number of rotatable bonds is 8. The molecule has 1 aromatic carbocycles. The van der Waals surface area contributed by atoms with Gasteiger partial charge >= 0.3 is 0 Å². The number of aliphatic hydroxyl groups excluding tert-OH is 1. The molecule has 3 rings (SSSR count). The zero-order valence-corrected chi connectivity index (χ0v) is 13.7. The van der Waals surface area contributed by atoms with Crippen molar-refractivity contribution < 1.29 is 9.84 Å². The van der Waals surface area contributed by atoms with Crippen LogP contribution in [0.2, 0.25) is 0 Å². The largest absolute Gasteiger partial charge is 0.396 e. The maximum atomic E-state index is 8.93. The zero-order valence-electron chi connectivity index (χ0n) is 13.7. The lowest BCUT2D eigenvalue weighted by Gasteiger charge is -2.14. The Morgan fingerprint density at radius 2 is 2.04 bits per heavy atom. The van der Waals surface area contributed by atoms with Crippen LogP contribution in [0.25, 0.3) is 11.3 Å². The normalized spacial score (nSPS) is 17.0. The lowest BCUT2D eigenvalue weighted by atomic mass is 10.1. The van der Waals surface area contributed by atoms with Crippen molar-refractivity contribution in [3.63, 3.8) is 0 Å². The highest BCUT2D eigenvalue weighted by atomic mass is 16.5. The Morgan fingerprint density at radius 3 is 2.79 bits per heavy atom.